The van der Waals surface area contributed by atoms with E-state index >= 15 is 0 Å². The number of aromatic nitrogens is 2. The molecule has 0 radical (unpaired) electrons. The van der Waals surface area contributed by atoms with Crippen LogP contribution in [0.15, 0.2) is 23.1 Å². The van der Waals surface area contributed by atoms with Crippen LogP contribution >= 0.6 is 11.7 Å². The number of benzene rings is 1. The van der Waals surface area contributed by atoms with Gasteiger partial charge in [-0.1, -0.05) is 32.8 Å². The fraction of sp³-hybridized carbons (Fsp3) is 0.650. The molecular weight excluding hydrogens is 408 g/mol. The molecule has 1 aliphatic rings. The highest BCUT2D eigenvalue weighted by atomic mass is 32.2. The summed E-state index contributed by atoms with van der Waals surface area (Å²) in [6.45, 7) is 7.14. The van der Waals surface area contributed by atoms with Crippen molar-refractivity contribution < 1.29 is 13.2 Å². The second-order valence-electron chi connectivity index (χ2n) is 8.30. The molecule has 2 aromatic rings. The second-order valence-corrected chi connectivity index (χ2v) is 10.7. The zero-order valence-electron chi connectivity index (χ0n) is 17.3. The van der Waals surface area contributed by atoms with Crippen molar-refractivity contribution in [1.29, 1.82) is 0 Å². The summed E-state index contributed by atoms with van der Waals surface area (Å²) in [5.74, 6) is 0.589. The number of piperidine rings is 1. The van der Waals surface area contributed by atoms with Gasteiger partial charge in [-0.3, -0.25) is 4.79 Å². The highest BCUT2D eigenvalue weighted by Crippen LogP contribution is 2.28. The van der Waals surface area contributed by atoms with Crippen LogP contribution in [-0.2, 0) is 14.8 Å². The minimum absolute atomic E-state index is 0.0462. The number of fused-ring (bicyclic) bond motifs is 1. The van der Waals surface area contributed by atoms with Gasteiger partial charge in [-0.05, 0) is 44.2 Å². The Morgan fingerprint density at radius 2 is 1.93 bits per heavy atom. The number of rotatable bonds is 8. The molecule has 1 saturated heterocycles. The first kappa shape index (κ1) is 22.1. The van der Waals surface area contributed by atoms with Crippen LogP contribution in [0.25, 0.3) is 11.0 Å². The van der Waals surface area contributed by atoms with Crippen molar-refractivity contribution in [1.82, 2.24) is 18.4 Å². The van der Waals surface area contributed by atoms with Gasteiger partial charge in [-0.15, -0.1) is 0 Å². The summed E-state index contributed by atoms with van der Waals surface area (Å²) in [5, 5.41) is 3.11. The zero-order valence-corrected chi connectivity index (χ0v) is 18.9. The Balaban J connectivity index is 1.56. The number of hydrogen-bond acceptors (Lipinski definition) is 6. The maximum Gasteiger partial charge on any atom is 0.245 e. The molecule has 1 aromatic heterocycles. The molecule has 160 valence electrons. The zero-order chi connectivity index (χ0) is 21.0. The highest BCUT2D eigenvalue weighted by molar-refractivity contribution is 7.89. The van der Waals surface area contributed by atoms with Gasteiger partial charge in [0.05, 0.1) is 11.7 Å². The van der Waals surface area contributed by atoms with Crippen LogP contribution in [0.2, 0.25) is 0 Å². The lowest BCUT2D eigenvalue weighted by atomic mass is 9.96. The Hall–Kier alpha value is -1.58. The van der Waals surface area contributed by atoms with E-state index in [1.54, 1.807) is 18.2 Å². The predicted octanol–water partition coefficient (Wildman–Crippen LogP) is 3.42. The van der Waals surface area contributed by atoms with Gasteiger partial charge in [0.25, 0.3) is 0 Å². The van der Waals surface area contributed by atoms with Crippen molar-refractivity contribution in [2.45, 2.75) is 63.8 Å². The first-order chi connectivity index (χ1) is 13.8. The van der Waals surface area contributed by atoms with Gasteiger partial charge >= 0.3 is 0 Å². The summed E-state index contributed by atoms with van der Waals surface area (Å²) in [6, 6.07) is 5.18. The number of nitrogens with zero attached hydrogens (tertiary/aromatic N) is 3. The van der Waals surface area contributed by atoms with Gasteiger partial charge in [0.15, 0.2) is 0 Å². The average molecular weight is 439 g/mol. The Labute approximate surface area is 177 Å². The maximum absolute atomic E-state index is 13.1. The first-order valence-electron chi connectivity index (χ1n) is 10.3. The predicted molar refractivity (Wildman–Crippen MR) is 115 cm³/mol. The molecule has 0 spiro atoms. The van der Waals surface area contributed by atoms with E-state index < -0.39 is 10.0 Å². The van der Waals surface area contributed by atoms with E-state index in [0.29, 0.717) is 42.9 Å². The molecule has 0 saturated carbocycles. The molecule has 1 amide bonds. The molecule has 0 aliphatic carbocycles. The van der Waals surface area contributed by atoms with E-state index in [2.05, 4.69) is 27.9 Å². The van der Waals surface area contributed by atoms with Gasteiger partial charge in [0, 0.05) is 25.0 Å². The number of carbonyl (C=O) groups is 1. The van der Waals surface area contributed by atoms with Crippen LogP contribution in [0.3, 0.4) is 0 Å². The summed E-state index contributed by atoms with van der Waals surface area (Å²) in [7, 11) is -3.65. The quantitative estimate of drug-likeness (QED) is 0.682. The van der Waals surface area contributed by atoms with E-state index in [0.717, 1.165) is 31.0 Å². The summed E-state index contributed by atoms with van der Waals surface area (Å²) in [4.78, 5) is 12.8. The van der Waals surface area contributed by atoms with Gasteiger partial charge < -0.3 is 5.32 Å². The second kappa shape index (κ2) is 9.49. The van der Waals surface area contributed by atoms with Crippen molar-refractivity contribution in [2.75, 3.05) is 13.1 Å². The molecule has 7 nitrogen and oxygen atoms in total. The SMILES string of the molecule is CC(C)CCC[C@@H](C)NC(=O)C1CCN(S(=O)(=O)c2cccc3nsnc23)CC1. The van der Waals surface area contributed by atoms with Gasteiger partial charge in [-0.25, -0.2) is 8.42 Å². The minimum Gasteiger partial charge on any atom is -0.353 e. The van der Waals surface area contributed by atoms with Crippen LogP contribution in [-0.4, -0.2) is 46.5 Å². The standard InChI is InChI=1S/C20H30N4O3S2/c1-14(2)6-4-7-15(3)21-20(25)16-10-12-24(13-11-16)29(26,27)18-9-5-8-17-19(18)23-28-22-17/h5,8-9,14-16H,4,6-7,10-13H2,1-3H3,(H,21,25)/t15-/m1/s1. The Morgan fingerprint density at radius 1 is 1.21 bits per heavy atom. The van der Waals surface area contributed by atoms with Crippen LogP contribution in [0.5, 0.6) is 0 Å². The van der Waals surface area contributed by atoms with Crippen molar-refractivity contribution in [3.8, 4) is 0 Å². The lowest BCUT2D eigenvalue weighted by molar-refractivity contribution is -0.126. The van der Waals surface area contributed by atoms with Crippen LogP contribution in [0, 0.1) is 11.8 Å². The summed E-state index contributed by atoms with van der Waals surface area (Å²) >= 11 is 1.01. The molecule has 0 unspecified atom stereocenters. The van der Waals surface area contributed by atoms with E-state index in [1.807, 2.05) is 6.92 Å². The van der Waals surface area contributed by atoms with Gasteiger partial charge in [0.2, 0.25) is 15.9 Å². The van der Waals surface area contributed by atoms with Crippen molar-refractivity contribution in [3.05, 3.63) is 18.2 Å². The van der Waals surface area contributed by atoms with E-state index in [4.69, 9.17) is 0 Å². The monoisotopic (exact) mass is 438 g/mol. The Bertz CT molecular complexity index is 934. The Kier molecular flexibility index (Phi) is 7.23. The lowest BCUT2D eigenvalue weighted by Gasteiger charge is -2.31. The van der Waals surface area contributed by atoms with Gasteiger partial charge in [-0.2, -0.15) is 13.1 Å². The van der Waals surface area contributed by atoms with Crippen LogP contribution in [0.4, 0.5) is 0 Å². The third kappa shape index (κ3) is 5.32. The van der Waals surface area contributed by atoms with Crippen molar-refractivity contribution in [3.63, 3.8) is 0 Å². The largest absolute Gasteiger partial charge is 0.353 e. The molecule has 29 heavy (non-hydrogen) atoms. The van der Waals surface area contributed by atoms with Crippen molar-refractivity contribution >= 4 is 38.7 Å². The third-order valence-corrected chi connectivity index (χ3v) is 7.97. The maximum atomic E-state index is 13.1. The molecule has 1 atom stereocenters. The molecular formula is C20H30N4O3S2. The number of nitrogens with one attached hydrogen (secondary N) is 1. The molecule has 1 aromatic carbocycles. The first-order valence-corrected chi connectivity index (χ1v) is 12.5. The van der Waals surface area contributed by atoms with E-state index in [1.165, 1.54) is 4.31 Å². The van der Waals surface area contributed by atoms with Crippen LogP contribution < -0.4 is 5.32 Å². The fourth-order valence-electron chi connectivity index (χ4n) is 3.75. The molecule has 2 heterocycles. The summed E-state index contributed by atoms with van der Waals surface area (Å²) < 4.78 is 35.9. The molecule has 1 aliphatic heterocycles. The highest BCUT2D eigenvalue weighted by Gasteiger charge is 2.33. The van der Waals surface area contributed by atoms with Crippen molar-refractivity contribution in [2.24, 2.45) is 11.8 Å². The topological polar surface area (TPSA) is 92.3 Å². The fourth-order valence-corrected chi connectivity index (χ4v) is 5.97. The normalized spacial score (nSPS) is 17.7. The van der Waals surface area contributed by atoms with Crippen LogP contribution in [0.1, 0.15) is 52.9 Å². The Morgan fingerprint density at radius 3 is 2.62 bits per heavy atom. The smallest absolute Gasteiger partial charge is 0.245 e. The number of hydrogen-bond donors (Lipinski definition) is 1. The van der Waals surface area contributed by atoms with E-state index in [-0.39, 0.29) is 22.8 Å². The average Bonchev–Trinajstić information content (AvgIpc) is 3.16. The molecule has 0 bridgehead atoms. The molecule has 9 heteroatoms. The molecule has 1 N–H and O–H groups in total. The third-order valence-electron chi connectivity index (χ3n) is 5.50. The number of sulfonamides is 1. The number of carbonyl (C=O) groups excluding carboxylic acids is 1. The molecule has 1 fully saturated rings. The molecule has 3 rings (SSSR count). The number of amides is 1. The minimum atomic E-state index is -3.65. The van der Waals surface area contributed by atoms with Gasteiger partial charge in [0.1, 0.15) is 15.9 Å². The summed E-state index contributed by atoms with van der Waals surface area (Å²) in [5.41, 5.74) is 1.02. The van der Waals surface area contributed by atoms with E-state index in [9.17, 15) is 13.2 Å². The lowest BCUT2D eigenvalue weighted by Crippen LogP contribution is -2.44. The summed E-state index contributed by atoms with van der Waals surface area (Å²) in [6.07, 6.45) is 4.32.